The van der Waals surface area contributed by atoms with Gasteiger partial charge in [-0.25, -0.2) is 13.4 Å². The van der Waals surface area contributed by atoms with E-state index in [0.717, 1.165) is 32.5 Å². The van der Waals surface area contributed by atoms with Crippen molar-refractivity contribution < 1.29 is 22.7 Å². The summed E-state index contributed by atoms with van der Waals surface area (Å²) in [6.45, 7) is 8.10. The quantitative estimate of drug-likeness (QED) is 0.711. The van der Waals surface area contributed by atoms with Crippen LogP contribution in [0.5, 0.6) is 5.75 Å². The fraction of sp³-hybridized carbons (Fsp3) is 0.500. The van der Waals surface area contributed by atoms with Gasteiger partial charge < -0.3 is 10.0 Å². The Morgan fingerprint density at radius 1 is 1.44 bits per heavy atom. The fourth-order valence-electron chi connectivity index (χ4n) is 3.74. The second-order valence-electron chi connectivity index (χ2n) is 7.35. The predicted octanol–water partition coefficient (Wildman–Crippen LogP) is 1.54. The van der Waals surface area contributed by atoms with Crippen LogP contribution in [0.2, 0.25) is 0 Å². The highest BCUT2D eigenvalue weighted by Crippen LogP contribution is 2.34. The minimum Gasteiger partial charge on any atom is -0.506 e. The van der Waals surface area contributed by atoms with Crippen LogP contribution in [0.25, 0.3) is 0 Å². The standard InChI is InChI=1S/C18H24FN3O4S/c1-12(2)7-14-4-6-21(10-14)5-3-13-8-15(19)18(16(23)9-13)22-11-17(24)20-27(22,25)26/h8-9,14,23H,1,3-7,10-11H2,2H3,(H,20,24)/t14-/m0/s1. The van der Waals surface area contributed by atoms with Crippen molar-refractivity contribution in [3.05, 3.63) is 35.7 Å². The third-order valence-corrected chi connectivity index (χ3v) is 6.27. The first-order valence-electron chi connectivity index (χ1n) is 8.87. The number of phenols is 1. The fourth-order valence-corrected chi connectivity index (χ4v) is 4.91. The van der Waals surface area contributed by atoms with Gasteiger partial charge in [-0.1, -0.05) is 5.57 Å². The number of hydrogen-bond donors (Lipinski definition) is 2. The van der Waals surface area contributed by atoms with Gasteiger partial charge in [0.25, 0.3) is 5.91 Å². The van der Waals surface area contributed by atoms with Gasteiger partial charge in [0, 0.05) is 13.1 Å². The molecule has 2 aliphatic heterocycles. The lowest BCUT2D eigenvalue weighted by Crippen LogP contribution is -2.30. The molecule has 9 heteroatoms. The third-order valence-electron chi connectivity index (χ3n) is 4.90. The van der Waals surface area contributed by atoms with Crippen molar-refractivity contribution in [1.29, 1.82) is 0 Å². The minimum absolute atomic E-state index is 0.494. The van der Waals surface area contributed by atoms with E-state index in [9.17, 15) is 22.7 Å². The molecule has 0 unspecified atom stereocenters. The lowest BCUT2D eigenvalue weighted by molar-refractivity contribution is -0.117. The molecule has 27 heavy (non-hydrogen) atoms. The number of nitrogens with one attached hydrogen (secondary N) is 1. The molecular formula is C18H24FN3O4S. The van der Waals surface area contributed by atoms with Gasteiger partial charge >= 0.3 is 10.2 Å². The summed E-state index contributed by atoms with van der Waals surface area (Å²) in [5.74, 6) is -1.53. The maximum atomic E-state index is 14.5. The Balaban J connectivity index is 1.67. The Kier molecular flexibility index (Phi) is 5.43. The van der Waals surface area contributed by atoms with E-state index in [2.05, 4.69) is 11.5 Å². The highest BCUT2D eigenvalue weighted by molar-refractivity contribution is 7.92. The van der Waals surface area contributed by atoms with Crippen molar-refractivity contribution in [3.63, 3.8) is 0 Å². The summed E-state index contributed by atoms with van der Waals surface area (Å²) in [6, 6.07) is 2.58. The average molecular weight is 397 g/mol. The monoisotopic (exact) mass is 397 g/mol. The van der Waals surface area contributed by atoms with E-state index in [1.807, 2.05) is 6.92 Å². The van der Waals surface area contributed by atoms with Crippen molar-refractivity contribution in [1.82, 2.24) is 9.62 Å². The zero-order chi connectivity index (χ0) is 19.8. The van der Waals surface area contributed by atoms with E-state index in [1.54, 1.807) is 4.72 Å². The molecule has 0 bridgehead atoms. The van der Waals surface area contributed by atoms with E-state index in [0.29, 0.717) is 22.2 Å². The van der Waals surface area contributed by atoms with E-state index in [-0.39, 0.29) is 0 Å². The Bertz CT molecular complexity index is 848. The Labute approximate surface area is 158 Å². The number of anilines is 1. The zero-order valence-corrected chi connectivity index (χ0v) is 16.1. The Morgan fingerprint density at radius 2 is 2.19 bits per heavy atom. The topological polar surface area (TPSA) is 89.9 Å². The molecule has 2 fully saturated rings. The summed E-state index contributed by atoms with van der Waals surface area (Å²) in [4.78, 5) is 13.6. The van der Waals surface area contributed by atoms with Gasteiger partial charge in [0.1, 0.15) is 18.0 Å². The number of benzene rings is 1. The van der Waals surface area contributed by atoms with Crippen molar-refractivity contribution in [2.75, 3.05) is 30.5 Å². The lowest BCUT2D eigenvalue weighted by Gasteiger charge is -2.19. The number of halogens is 1. The zero-order valence-electron chi connectivity index (χ0n) is 15.2. The predicted molar refractivity (Wildman–Crippen MR) is 100 cm³/mol. The molecule has 2 saturated heterocycles. The number of hydrogen-bond acceptors (Lipinski definition) is 5. The molecule has 0 saturated carbocycles. The molecule has 2 aliphatic rings. The molecule has 7 nitrogen and oxygen atoms in total. The van der Waals surface area contributed by atoms with Gasteiger partial charge in [0.2, 0.25) is 0 Å². The number of allylic oxidation sites excluding steroid dienone is 1. The van der Waals surface area contributed by atoms with Gasteiger partial charge in [-0.15, -0.1) is 6.58 Å². The first-order valence-corrected chi connectivity index (χ1v) is 10.3. The van der Waals surface area contributed by atoms with Gasteiger partial charge in [-0.05, 0) is 56.3 Å². The molecule has 1 aromatic carbocycles. The van der Waals surface area contributed by atoms with Crippen molar-refractivity contribution >= 4 is 21.8 Å². The maximum absolute atomic E-state index is 14.5. The minimum atomic E-state index is -4.17. The van der Waals surface area contributed by atoms with Crippen LogP contribution in [-0.2, 0) is 21.4 Å². The smallest absolute Gasteiger partial charge is 0.326 e. The van der Waals surface area contributed by atoms with Crippen LogP contribution < -0.4 is 9.03 Å². The summed E-state index contributed by atoms with van der Waals surface area (Å²) >= 11 is 0. The third kappa shape index (κ3) is 4.41. The van der Waals surface area contributed by atoms with E-state index in [4.69, 9.17) is 0 Å². The Hall–Kier alpha value is -2.13. The molecule has 2 heterocycles. The first-order chi connectivity index (χ1) is 12.7. The van der Waals surface area contributed by atoms with Crippen LogP contribution in [0.15, 0.2) is 24.3 Å². The highest BCUT2D eigenvalue weighted by Gasteiger charge is 2.37. The molecule has 0 radical (unpaired) electrons. The van der Waals surface area contributed by atoms with E-state index < -0.39 is 39.9 Å². The van der Waals surface area contributed by atoms with Crippen LogP contribution in [0, 0.1) is 11.7 Å². The van der Waals surface area contributed by atoms with Crippen molar-refractivity contribution in [3.8, 4) is 5.75 Å². The van der Waals surface area contributed by atoms with Gasteiger partial charge in [0.05, 0.1) is 0 Å². The van der Waals surface area contributed by atoms with Crippen LogP contribution in [0.3, 0.4) is 0 Å². The van der Waals surface area contributed by atoms with Crippen LogP contribution in [-0.4, -0.2) is 50.5 Å². The summed E-state index contributed by atoms with van der Waals surface area (Å²) in [5.41, 5.74) is 1.25. The average Bonchev–Trinajstić information content (AvgIpc) is 3.07. The number of rotatable bonds is 6. The molecule has 0 aliphatic carbocycles. The van der Waals surface area contributed by atoms with Crippen molar-refractivity contribution in [2.45, 2.75) is 26.2 Å². The number of aromatic hydroxyl groups is 1. The number of phenolic OH excluding ortho intramolecular Hbond substituents is 1. The first kappa shape index (κ1) is 19.6. The number of nitrogens with zero attached hydrogens (tertiary/aromatic N) is 2. The molecule has 0 aromatic heterocycles. The van der Waals surface area contributed by atoms with Gasteiger partial charge in [0.15, 0.2) is 5.82 Å². The second-order valence-corrected chi connectivity index (χ2v) is 8.94. The number of carbonyl (C=O) groups is 1. The number of carbonyl (C=O) groups excluding carboxylic acids is 1. The highest BCUT2D eigenvalue weighted by atomic mass is 32.2. The molecule has 3 rings (SSSR count). The van der Waals surface area contributed by atoms with Crippen LogP contribution in [0.4, 0.5) is 10.1 Å². The van der Waals surface area contributed by atoms with Gasteiger partial charge in [-0.2, -0.15) is 8.42 Å². The largest absolute Gasteiger partial charge is 0.506 e. The number of likely N-dealkylation sites (tertiary alicyclic amines) is 1. The summed E-state index contributed by atoms with van der Waals surface area (Å²) < 4.78 is 40.6. The van der Waals surface area contributed by atoms with E-state index >= 15 is 0 Å². The van der Waals surface area contributed by atoms with Crippen molar-refractivity contribution in [2.24, 2.45) is 5.92 Å². The second kappa shape index (κ2) is 7.47. The SMILES string of the molecule is C=C(C)C[C@@H]1CCN(CCc2cc(O)c(N3CC(=O)NS3(=O)=O)c(F)c2)C1. The number of amides is 1. The Morgan fingerprint density at radius 3 is 2.78 bits per heavy atom. The van der Waals surface area contributed by atoms with E-state index in [1.165, 1.54) is 17.7 Å². The summed E-state index contributed by atoms with van der Waals surface area (Å²) in [5, 5.41) is 10.2. The molecule has 0 spiro atoms. The molecule has 2 N–H and O–H groups in total. The maximum Gasteiger partial charge on any atom is 0.326 e. The normalized spacial score (nSPS) is 22.2. The lowest BCUT2D eigenvalue weighted by atomic mass is 10.0. The molecule has 1 aromatic rings. The molecule has 1 atom stereocenters. The van der Waals surface area contributed by atoms with Crippen LogP contribution in [0.1, 0.15) is 25.3 Å². The molecule has 148 valence electrons. The molecular weight excluding hydrogens is 373 g/mol. The summed E-state index contributed by atoms with van der Waals surface area (Å²) in [7, 11) is -4.17. The summed E-state index contributed by atoms with van der Waals surface area (Å²) in [6.07, 6.45) is 2.66. The van der Waals surface area contributed by atoms with Gasteiger partial charge in [-0.3, -0.25) is 4.79 Å². The molecule has 1 amide bonds. The van der Waals surface area contributed by atoms with Crippen LogP contribution >= 0.6 is 0 Å².